The lowest BCUT2D eigenvalue weighted by Crippen LogP contribution is -2.21. The van der Waals surface area contributed by atoms with Crippen LogP contribution in [0.1, 0.15) is 10.5 Å². The molecule has 2 heterocycles. The Bertz CT molecular complexity index is 1360. The summed E-state index contributed by atoms with van der Waals surface area (Å²) < 4.78 is 12.2. The molecular weight excluding hydrogens is 476 g/mol. The van der Waals surface area contributed by atoms with Crippen molar-refractivity contribution in [3.05, 3.63) is 83.7 Å². The van der Waals surface area contributed by atoms with E-state index in [1.54, 1.807) is 54.6 Å². The fourth-order valence-corrected chi connectivity index (χ4v) is 3.94. The maximum atomic E-state index is 12.7. The molecule has 34 heavy (non-hydrogen) atoms. The number of hydrogen-bond acceptors (Lipinski definition) is 7. The van der Waals surface area contributed by atoms with E-state index in [2.05, 4.69) is 10.4 Å². The average Bonchev–Trinajstić information content (AvgIpc) is 3.52. The van der Waals surface area contributed by atoms with Crippen LogP contribution in [0.15, 0.2) is 82.3 Å². The largest absolute Gasteiger partial charge is 0.463 e. The van der Waals surface area contributed by atoms with Crippen LogP contribution in [0.3, 0.4) is 0 Å². The number of aromatic nitrogens is 2. The highest BCUT2D eigenvalue weighted by Gasteiger charge is 2.20. The molecule has 0 saturated heterocycles. The standard InChI is InChI=1S/C24H17ClN4O4S/c25-16-5-3-6-17(13-16)29-20(21-8-4-11-32-21)14-19(28-29)24(31)33-15-23(30)27-18-7-1-2-9-22(18)34-12-10-26/h1-9,11,13-14H,12,15H2,(H,27,30). The van der Waals surface area contributed by atoms with E-state index < -0.39 is 18.5 Å². The van der Waals surface area contributed by atoms with Gasteiger partial charge in [-0.1, -0.05) is 29.8 Å². The van der Waals surface area contributed by atoms with Crippen molar-refractivity contribution in [3.63, 3.8) is 0 Å². The van der Waals surface area contributed by atoms with Crippen LogP contribution < -0.4 is 5.32 Å². The molecule has 4 aromatic rings. The van der Waals surface area contributed by atoms with E-state index in [-0.39, 0.29) is 11.4 Å². The number of para-hydroxylation sites is 1. The maximum Gasteiger partial charge on any atom is 0.359 e. The highest BCUT2D eigenvalue weighted by Crippen LogP contribution is 2.27. The molecular formula is C24H17ClN4O4S. The number of carbonyl (C=O) groups excluding carboxylic acids is 2. The van der Waals surface area contributed by atoms with Crippen LogP contribution in [0.4, 0.5) is 5.69 Å². The van der Waals surface area contributed by atoms with Gasteiger partial charge in [-0.05, 0) is 42.5 Å². The van der Waals surface area contributed by atoms with Gasteiger partial charge in [0.25, 0.3) is 5.91 Å². The molecule has 0 bridgehead atoms. The summed E-state index contributed by atoms with van der Waals surface area (Å²) in [4.78, 5) is 25.8. The second-order valence-corrected chi connectivity index (χ2v) is 8.30. The Kier molecular flexibility index (Phi) is 7.32. The minimum Gasteiger partial charge on any atom is -0.463 e. The van der Waals surface area contributed by atoms with Crippen LogP contribution in [0.2, 0.25) is 5.02 Å². The summed E-state index contributed by atoms with van der Waals surface area (Å²) in [6.07, 6.45) is 1.51. The summed E-state index contributed by atoms with van der Waals surface area (Å²) in [5, 5.41) is 16.3. The third kappa shape index (κ3) is 5.49. The number of nitriles is 1. The number of carbonyl (C=O) groups is 2. The quantitative estimate of drug-likeness (QED) is 0.266. The molecule has 0 aliphatic heterocycles. The Labute approximate surface area is 204 Å². The molecule has 0 saturated carbocycles. The van der Waals surface area contributed by atoms with E-state index in [1.807, 2.05) is 12.1 Å². The zero-order chi connectivity index (χ0) is 23.9. The summed E-state index contributed by atoms with van der Waals surface area (Å²) in [5.41, 5.74) is 1.69. The Morgan fingerprint density at radius 2 is 2.00 bits per heavy atom. The van der Waals surface area contributed by atoms with Crippen LogP contribution in [0.25, 0.3) is 17.1 Å². The monoisotopic (exact) mass is 492 g/mol. The fraction of sp³-hybridized carbons (Fsp3) is 0.0833. The molecule has 0 atom stereocenters. The summed E-state index contributed by atoms with van der Waals surface area (Å²) in [7, 11) is 0. The summed E-state index contributed by atoms with van der Waals surface area (Å²) >= 11 is 7.41. The van der Waals surface area contributed by atoms with Crippen LogP contribution in [0, 0.1) is 11.3 Å². The lowest BCUT2D eigenvalue weighted by Gasteiger charge is -2.09. The summed E-state index contributed by atoms with van der Waals surface area (Å²) in [5.74, 6) is -0.541. The molecule has 1 N–H and O–H groups in total. The second kappa shape index (κ2) is 10.7. The number of amides is 1. The number of nitrogens with one attached hydrogen (secondary N) is 1. The smallest absolute Gasteiger partial charge is 0.359 e. The van der Waals surface area contributed by atoms with Gasteiger partial charge in [0, 0.05) is 16.0 Å². The lowest BCUT2D eigenvalue weighted by molar-refractivity contribution is -0.119. The fourth-order valence-electron chi connectivity index (χ4n) is 3.08. The van der Waals surface area contributed by atoms with Gasteiger partial charge in [-0.2, -0.15) is 10.4 Å². The van der Waals surface area contributed by atoms with Gasteiger partial charge in [-0.15, -0.1) is 11.8 Å². The zero-order valence-corrected chi connectivity index (χ0v) is 19.2. The summed E-state index contributed by atoms with van der Waals surface area (Å²) in [6.45, 7) is -0.504. The Hall–Kier alpha value is -4.00. The Morgan fingerprint density at radius 3 is 2.76 bits per heavy atom. The zero-order valence-electron chi connectivity index (χ0n) is 17.6. The highest BCUT2D eigenvalue weighted by molar-refractivity contribution is 7.99. The number of esters is 1. The molecule has 10 heteroatoms. The number of benzene rings is 2. The van der Waals surface area contributed by atoms with Crippen molar-refractivity contribution in [2.24, 2.45) is 0 Å². The van der Waals surface area contributed by atoms with E-state index in [0.29, 0.717) is 27.9 Å². The van der Waals surface area contributed by atoms with Crippen molar-refractivity contribution >= 4 is 40.9 Å². The maximum absolute atomic E-state index is 12.7. The van der Waals surface area contributed by atoms with Gasteiger partial charge in [0.1, 0.15) is 5.69 Å². The van der Waals surface area contributed by atoms with Crippen LogP contribution >= 0.6 is 23.4 Å². The first-order chi connectivity index (χ1) is 16.5. The predicted molar refractivity (Wildman–Crippen MR) is 128 cm³/mol. The number of halogens is 1. The molecule has 0 fully saturated rings. The molecule has 8 nitrogen and oxygen atoms in total. The Balaban J connectivity index is 1.48. The van der Waals surface area contributed by atoms with Crippen molar-refractivity contribution in [2.45, 2.75) is 4.90 Å². The molecule has 170 valence electrons. The van der Waals surface area contributed by atoms with Crippen molar-refractivity contribution in [1.82, 2.24) is 9.78 Å². The minimum atomic E-state index is -0.768. The number of anilines is 1. The van der Waals surface area contributed by atoms with Crippen molar-refractivity contribution < 1.29 is 18.7 Å². The molecule has 0 aliphatic rings. The van der Waals surface area contributed by atoms with E-state index in [0.717, 1.165) is 4.90 Å². The van der Waals surface area contributed by atoms with Gasteiger partial charge in [0.2, 0.25) is 0 Å². The molecule has 2 aromatic carbocycles. The number of hydrogen-bond donors (Lipinski definition) is 1. The first-order valence-corrected chi connectivity index (χ1v) is 11.4. The number of nitrogens with zero attached hydrogens (tertiary/aromatic N) is 3. The molecule has 0 spiro atoms. The van der Waals surface area contributed by atoms with E-state index in [4.69, 9.17) is 26.0 Å². The topological polar surface area (TPSA) is 110 Å². The Morgan fingerprint density at radius 1 is 1.15 bits per heavy atom. The first-order valence-electron chi connectivity index (χ1n) is 10.0. The van der Waals surface area contributed by atoms with Gasteiger partial charge in [0.15, 0.2) is 18.1 Å². The first kappa shape index (κ1) is 23.2. The van der Waals surface area contributed by atoms with Gasteiger partial charge >= 0.3 is 5.97 Å². The van der Waals surface area contributed by atoms with Gasteiger partial charge in [-0.3, -0.25) is 4.79 Å². The van der Waals surface area contributed by atoms with Gasteiger partial charge in [0.05, 0.1) is 29.5 Å². The minimum absolute atomic E-state index is 0.00384. The van der Waals surface area contributed by atoms with Crippen LogP contribution in [-0.2, 0) is 9.53 Å². The van der Waals surface area contributed by atoms with Crippen molar-refractivity contribution in [3.8, 4) is 23.2 Å². The number of furan rings is 1. The van der Waals surface area contributed by atoms with Crippen LogP contribution in [0.5, 0.6) is 0 Å². The third-order valence-corrected chi connectivity index (χ3v) is 5.71. The summed E-state index contributed by atoms with van der Waals surface area (Å²) in [6, 6.07) is 21.1. The van der Waals surface area contributed by atoms with Gasteiger partial charge in [-0.25, -0.2) is 9.48 Å². The number of rotatable bonds is 8. The molecule has 2 aromatic heterocycles. The molecule has 0 aliphatic carbocycles. The molecule has 4 rings (SSSR count). The average molecular weight is 493 g/mol. The van der Waals surface area contributed by atoms with Crippen molar-refractivity contribution in [1.29, 1.82) is 5.26 Å². The van der Waals surface area contributed by atoms with E-state index >= 15 is 0 Å². The molecule has 0 unspecified atom stereocenters. The predicted octanol–water partition coefficient (Wildman–Crippen LogP) is 5.20. The van der Waals surface area contributed by atoms with Gasteiger partial charge < -0.3 is 14.5 Å². The molecule has 1 amide bonds. The van der Waals surface area contributed by atoms with E-state index in [9.17, 15) is 9.59 Å². The third-order valence-electron chi connectivity index (χ3n) is 4.53. The van der Waals surface area contributed by atoms with Crippen LogP contribution in [-0.4, -0.2) is 34.0 Å². The lowest BCUT2D eigenvalue weighted by atomic mass is 10.2. The second-order valence-electron chi connectivity index (χ2n) is 6.85. The van der Waals surface area contributed by atoms with Crippen molar-refractivity contribution in [2.75, 3.05) is 17.7 Å². The highest BCUT2D eigenvalue weighted by atomic mass is 35.5. The number of ether oxygens (including phenoxy) is 1. The number of thioether (sulfide) groups is 1. The van der Waals surface area contributed by atoms with E-state index in [1.165, 1.54) is 28.8 Å². The SMILES string of the molecule is N#CCSc1ccccc1NC(=O)COC(=O)c1cc(-c2ccco2)n(-c2cccc(Cl)c2)n1. The molecule has 0 radical (unpaired) electrons. The normalized spacial score (nSPS) is 10.5.